The molecule has 3 nitrogen and oxygen atoms in total. The van der Waals surface area contributed by atoms with E-state index in [-0.39, 0.29) is 11.4 Å². The molecule has 182 valence electrons. The maximum atomic E-state index is 15.0. The van der Waals surface area contributed by atoms with Gasteiger partial charge in [-0.2, -0.15) is 5.10 Å². The molecule has 4 aromatic carbocycles. The molecule has 0 aromatic heterocycles. The first kappa shape index (κ1) is 24.1. The van der Waals surface area contributed by atoms with Gasteiger partial charge < -0.3 is 0 Å². The van der Waals surface area contributed by atoms with Gasteiger partial charge in [0.15, 0.2) is 0 Å². The van der Waals surface area contributed by atoms with Crippen LogP contribution in [0.4, 0.5) is 4.39 Å². The second-order valence-electron chi connectivity index (χ2n) is 8.98. The lowest BCUT2D eigenvalue weighted by atomic mass is 9.96. The summed E-state index contributed by atoms with van der Waals surface area (Å²) in [4.78, 5) is 0. The van der Waals surface area contributed by atoms with Crippen molar-refractivity contribution in [3.05, 3.63) is 149 Å². The molecule has 1 aliphatic carbocycles. The summed E-state index contributed by atoms with van der Waals surface area (Å²) in [5.41, 5.74) is 9.91. The number of amidine groups is 1. The third kappa shape index (κ3) is 5.99. The number of benzene rings is 4. The minimum absolute atomic E-state index is 0.0863. The van der Waals surface area contributed by atoms with Crippen molar-refractivity contribution in [2.24, 2.45) is 5.10 Å². The highest BCUT2D eigenvalue weighted by Crippen LogP contribution is 2.23. The second kappa shape index (κ2) is 11.4. The summed E-state index contributed by atoms with van der Waals surface area (Å²) < 4.78 is 15.0. The van der Waals surface area contributed by atoms with Crippen LogP contribution in [0.15, 0.2) is 126 Å². The molecule has 0 radical (unpaired) electrons. The third-order valence-corrected chi connectivity index (χ3v) is 6.41. The fraction of sp³-hybridized carbons (Fsp3) is 0.0909. The molecule has 5 rings (SSSR count). The lowest BCUT2D eigenvalue weighted by Gasteiger charge is -2.12. The largest absolute Gasteiger partial charge is 0.283 e. The molecule has 37 heavy (non-hydrogen) atoms. The molecule has 0 unspecified atom stereocenters. The zero-order chi connectivity index (χ0) is 25.5. The monoisotopic (exact) mass is 485 g/mol. The Bertz CT molecular complexity index is 1470. The normalized spacial score (nSPS) is 13.2. The number of rotatable bonds is 7. The van der Waals surface area contributed by atoms with Crippen molar-refractivity contribution in [3.63, 3.8) is 0 Å². The number of hydrogen-bond donors (Lipinski definition) is 2. The molecule has 1 aliphatic rings. The van der Waals surface area contributed by atoms with E-state index in [9.17, 15) is 4.39 Å². The highest BCUT2D eigenvalue weighted by atomic mass is 19.1. The molecular formula is C33H28FN3. The van der Waals surface area contributed by atoms with Gasteiger partial charge in [-0.3, -0.25) is 10.8 Å². The van der Waals surface area contributed by atoms with Crippen molar-refractivity contribution >= 4 is 17.1 Å². The first-order valence-corrected chi connectivity index (χ1v) is 12.5. The van der Waals surface area contributed by atoms with Crippen molar-refractivity contribution in [1.29, 1.82) is 5.41 Å². The van der Waals surface area contributed by atoms with Gasteiger partial charge in [0.1, 0.15) is 11.7 Å². The van der Waals surface area contributed by atoms with Crippen molar-refractivity contribution in [2.75, 3.05) is 0 Å². The lowest BCUT2D eigenvalue weighted by molar-refractivity contribution is 0.624. The summed E-state index contributed by atoms with van der Waals surface area (Å²) in [7, 11) is 0. The number of nitrogens with one attached hydrogen (secondary N) is 2. The first-order valence-electron chi connectivity index (χ1n) is 12.5. The van der Waals surface area contributed by atoms with Crippen LogP contribution in [-0.4, -0.2) is 11.5 Å². The average molecular weight is 486 g/mol. The van der Waals surface area contributed by atoms with E-state index in [1.165, 1.54) is 17.2 Å². The number of halogens is 1. The van der Waals surface area contributed by atoms with Crippen LogP contribution in [0, 0.1) is 11.2 Å². The van der Waals surface area contributed by atoms with Crippen molar-refractivity contribution in [2.45, 2.75) is 19.3 Å². The standard InChI is InChI=1S/C33H28FN3/c34-31-23-29(26-14-8-3-9-15-26)20-21-30(31)33(35)37-36-32(22-24-10-4-1-5-11-24)28-18-16-27(17-19-28)25-12-6-2-7-13-25/h1,3-6,8-21,23H,2,7,22H2,(H2,35,37)/b36-32+. The number of hydrazone groups is 1. The second-order valence-corrected chi connectivity index (χ2v) is 8.98. The number of allylic oxidation sites excluding steroid dienone is 4. The Morgan fingerprint density at radius 3 is 2.16 bits per heavy atom. The molecule has 0 heterocycles. The van der Waals surface area contributed by atoms with E-state index in [2.05, 4.69) is 65.2 Å². The van der Waals surface area contributed by atoms with E-state index in [0.717, 1.165) is 40.8 Å². The summed E-state index contributed by atoms with van der Waals surface area (Å²) in [6.07, 6.45) is 9.35. The highest BCUT2D eigenvalue weighted by molar-refractivity contribution is 6.04. The van der Waals surface area contributed by atoms with Crippen LogP contribution < -0.4 is 5.43 Å². The lowest BCUT2D eigenvalue weighted by Crippen LogP contribution is -2.22. The molecule has 0 fully saturated rings. The molecule has 2 N–H and O–H groups in total. The SMILES string of the molecule is N=C(N/N=C(\Cc1ccccc1)c1ccc(C2=CCCC=C2)cc1)c1ccc(-c2ccccc2)cc1F. The van der Waals surface area contributed by atoms with E-state index in [4.69, 9.17) is 5.41 Å². The van der Waals surface area contributed by atoms with Gasteiger partial charge >= 0.3 is 0 Å². The molecular weight excluding hydrogens is 457 g/mol. The van der Waals surface area contributed by atoms with Gasteiger partial charge in [-0.05, 0) is 58.4 Å². The molecule has 0 saturated carbocycles. The molecule has 0 saturated heterocycles. The molecule has 0 spiro atoms. The van der Waals surface area contributed by atoms with Crippen molar-refractivity contribution < 1.29 is 4.39 Å². The molecule has 4 aromatic rings. The predicted octanol–water partition coefficient (Wildman–Crippen LogP) is 7.79. The zero-order valence-electron chi connectivity index (χ0n) is 20.5. The van der Waals surface area contributed by atoms with Crippen LogP contribution in [0.25, 0.3) is 16.7 Å². The third-order valence-electron chi connectivity index (χ3n) is 6.41. The summed E-state index contributed by atoms with van der Waals surface area (Å²) in [5.74, 6) is -0.548. The van der Waals surface area contributed by atoms with Crippen LogP contribution in [0.1, 0.15) is 35.1 Å². The van der Waals surface area contributed by atoms with E-state index in [1.807, 2.05) is 54.6 Å². The van der Waals surface area contributed by atoms with Gasteiger partial charge in [0.2, 0.25) is 0 Å². The van der Waals surface area contributed by atoms with Crippen LogP contribution in [0.2, 0.25) is 0 Å². The Hall–Kier alpha value is -4.57. The van der Waals surface area contributed by atoms with Gasteiger partial charge in [0.25, 0.3) is 0 Å². The van der Waals surface area contributed by atoms with Gasteiger partial charge in [-0.25, -0.2) is 4.39 Å². The quantitative estimate of drug-likeness (QED) is 0.157. The van der Waals surface area contributed by atoms with E-state index in [0.29, 0.717) is 6.42 Å². The number of hydrogen-bond acceptors (Lipinski definition) is 2. The fourth-order valence-electron chi connectivity index (χ4n) is 4.39. The van der Waals surface area contributed by atoms with Crippen molar-refractivity contribution in [3.8, 4) is 11.1 Å². The minimum atomic E-state index is -0.461. The maximum Gasteiger partial charge on any atom is 0.148 e. The Kier molecular flexibility index (Phi) is 7.47. The molecule has 0 bridgehead atoms. The van der Waals surface area contributed by atoms with Gasteiger partial charge in [-0.1, -0.05) is 109 Å². The van der Waals surface area contributed by atoms with Crippen LogP contribution in [0.5, 0.6) is 0 Å². The maximum absolute atomic E-state index is 15.0. The first-order chi connectivity index (χ1) is 18.2. The van der Waals surface area contributed by atoms with E-state index in [1.54, 1.807) is 6.07 Å². The summed E-state index contributed by atoms with van der Waals surface area (Å²) in [6, 6.07) is 32.9. The Balaban J connectivity index is 1.39. The summed E-state index contributed by atoms with van der Waals surface area (Å²) in [5, 5.41) is 13.1. The summed E-state index contributed by atoms with van der Waals surface area (Å²) >= 11 is 0. The van der Waals surface area contributed by atoms with Crippen LogP contribution in [-0.2, 0) is 6.42 Å². The zero-order valence-corrected chi connectivity index (χ0v) is 20.5. The van der Waals surface area contributed by atoms with Crippen LogP contribution >= 0.6 is 0 Å². The van der Waals surface area contributed by atoms with Gasteiger partial charge in [-0.15, -0.1) is 0 Å². The predicted molar refractivity (Wildman–Crippen MR) is 151 cm³/mol. The number of nitrogens with zero attached hydrogens (tertiary/aromatic N) is 1. The highest BCUT2D eigenvalue weighted by Gasteiger charge is 2.12. The Morgan fingerprint density at radius 1 is 0.784 bits per heavy atom. The topological polar surface area (TPSA) is 48.2 Å². The summed E-state index contributed by atoms with van der Waals surface area (Å²) in [6.45, 7) is 0. The van der Waals surface area contributed by atoms with Gasteiger partial charge in [0.05, 0.1) is 11.3 Å². The smallest absolute Gasteiger partial charge is 0.148 e. The average Bonchev–Trinajstić information content (AvgIpc) is 2.96. The Labute approximate surface area is 217 Å². The van der Waals surface area contributed by atoms with Crippen molar-refractivity contribution in [1.82, 2.24) is 5.43 Å². The van der Waals surface area contributed by atoms with Gasteiger partial charge in [0, 0.05) is 6.42 Å². The molecule has 0 amide bonds. The van der Waals surface area contributed by atoms with Crippen LogP contribution in [0.3, 0.4) is 0 Å². The van der Waals surface area contributed by atoms with E-state index >= 15 is 0 Å². The van der Waals surface area contributed by atoms with E-state index < -0.39 is 5.82 Å². The molecule has 0 aliphatic heterocycles. The molecule has 4 heteroatoms. The molecule has 0 atom stereocenters. The minimum Gasteiger partial charge on any atom is -0.283 e. The Morgan fingerprint density at radius 2 is 1.49 bits per heavy atom. The fourth-order valence-corrected chi connectivity index (χ4v) is 4.39.